The van der Waals surface area contributed by atoms with E-state index < -0.39 is 5.97 Å². The highest BCUT2D eigenvalue weighted by molar-refractivity contribution is 7.09. The molecule has 7 heteroatoms. The molecular formula is C12H17N3O3S. The minimum absolute atomic E-state index is 0.0229. The van der Waals surface area contributed by atoms with Gasteiger partial charge in [-0.3, -0.25) is 4.79 Å². The van der Waals surface area contributed by atoms with E-state index in [4.69, 9.17) is 5.11 Å². The van der Waals surface area contributed by atoms with Crippen LogP contribution in [0, 0.1) is 0 Å². The number of nitrogens with zero attached hydrogens (tertiary/aromatic N) is 1. The highest BCUT2D eigenvalue weighted by Gasteiger charge is 2.19. The van der Waals surface area contributed by atoms with Crippen molar-refractivity contribution >= 4 is 23.2 Å². The molecule has 0 aliphatic carbocycles. The Morgan fingerprint density at radius 2 is 2.37 bits per heavy atom. The Kier molecular flexibility index (Phi) is 4.86. The number of hydrogen-bond acceptors (Lipinski definition) is 5. The second-order valence-electron chi connectivity index (χ2n) is 4.48. The minimum Gasteiger partial charge on any atom is -0.476 e. The minimum atomic E-state index is -1.02. The molecule has 0 spiro atoms. The lowest BCUT2D eigenvalue weighted by molar-refractivity contribution is -0.123. The molecule has 0 saturated carbocycles. The molecule has 19 heavy (non-hydrogen) atoms. The molecule has 1 aliphatic rings. The van der Waals surface area contributed by atoms with Gasteiger partial charge in [0.1, 0.15) is 0 Å². The molecule has 0 unspecified atom stereocenters. The largest absolute Gasteiger partial charge is 0.476 e. The van der Waals surface area contributed by atoms with Gasteiger partial charge in [-0.1, -0.05) is 6.42 Å². The predicted octanol–water partition coefficient (Wildman–Crippen LogP) is 0.642. The van der Waals surface area contributed by atoms with Crippen molar-refractivity contribution in [3.05, 3.63) is 16.1 Å². The van der Waals surface area contributed by atoms with E-state index in [1.807, 2.05) is 0 Å². The van der Waals surface area contributed by atoms with Gasteiger partial charge in [0, 0.05) is 18.3 Å². The quantitative estimate of drug-likeness (QED) is 0.737. The van der Waals surface area contributed by atoms with Crippen LogP contribution in [0.3, 0.4) is 0 Å². The molecule has 1 aromatic rings. The lowest BCUT2D eigenvalue weighted by atomic mass is 10.0. The van der Waals surface area contributed by atoms with E-state index in [0.29, 0.717) is 13.0 Å². The second-order valence-corrected chi connectivity index (χ2v) is 5.42. The maximum absolute atomic E-state index is 11.8. The number of carbonyl (C=O) groups excluding carboxylic acids is 1. The molecule has 0 radical (unpaired) electrons. The lowest BCUT2D eigenvalue weighted by Crippen LogP contribution is -2.47. The summed E-state index contributed by atoms with van der Waals surface area (Å²) in [6, 6.07) is -0.0837. The van der Waals surface area contributed by atoms with Crippen LogP contribution in [0.4, 0.5) is 0 Å². The zero-order valence-corrected chi connectivity index (χ0v) is 11.3. The fourth-order valence-corrected chi connectivity index (χ4v) is 2.79. The summed E-state index contributed by atoms with van der Waals surface area (Å²) < 4.78 is 0. The Labute approximate surface area is 115 Å². The van der Waals surface area contributed by atoms with Crippen molar-refractivity contribution in [2.75, 3.05) is 13.1 Å². The molecule has 1 saturated heterocycles. The van der Waals surface area contributed by atoms with Gasteiger partial charge >= 0.3 is 5.97 Å². The normalized spacial score (nSPS) is 19.1. The maximum atomic E-state index is 11.8. The van der Waals surface area contributed by atoms with E-state index >= 15 is 0 Å². The highest BCUT2D eigenvalue weighted by Crippen LogP contribution is 2.10. The number of rotatable bonds is 5. The zero-order chi connectivity index (χ0) is 13.7. The summed E-state index contributed by atoms with van der Waals surface area (Å²) in [7, 11) is 0. The monoisotopic (exact) mass is 283 g/mol. The molecule has 1 amide bonds. The molecule has 1 atom stereocenters. The number of nitrogens with one attached hydrogen (secondary N) is 2. The number of aromatic nitrogens is 1. The molecule has 2 rings (SSSR count). The van der Waals surface area contributed by atoms with Gasteiger partial charge in [-0.2, -0.15) is 0 Å². The van der Waals surface area contributed by atoms with Crippen molar-refractivity contribution in [1.29, 1.82) is 0 Å². The molecule has 3 N–H and O–H groups in total. The van der Waals surface area contributed by atoms with Gasteiger partial charge in [0.15, 0.2) is 5.69 Å². The van der Waals surface area contributed by atoms with E-state index in [-0.39, 0.29) is 17.6 Å². The average Bonchev–Trinajstić information content (AvgIpc) is 2.89. The van der Waals surface area contributed by atoms with Crippen molar-refractivity contribution in [2.45, 2.75) is 31.7 Å². The number of aromatic carboxylic acids is 1. The van der Waals surface area contributed by atoms with Crippen LogP contribution in [0.25, 0.3) is 0 Å². The molecule has 1 aliphatic heterocycles. The van der Waals surface area contributed by atoms with Crippen LogP contribution in [0.1, 0.15) is 34.8 Å². The molecule has 104 valence electrons. The van der Waals surface area contributed by atoms with Crippen LogP contribution in [0.2, 0.25) is 0 Å². The topological polar surface area (TPSA) is 91.3 Å². The number of carboxylic acid groups (broad SMARTS) is 1. The Balaban J connectivity index is 1.73. The predicted molar refractivity (Wildman–Crippen MR) is 71.4 cm³/mol. The van der Waals surface area contributed by atoms with E-state index in [0.717, 1.165) is 30.8 Å². The van der Waals surface area contributed by atoms with Gasteiger partial charge in [0.25, 0.3) is 0 Å². The van der Waals surface area contributed by atoms with Gasteiger partial charge in [0.2, 0.25) is 5.91 Å². The molecule has 2 heterocycles. The Morgan fingerprint density at radius 3 is 3.00 bits per heavy atom. The van der Waals surface area contributed by atoms with Crippen LogP contribution in [-0.4, -0.2) is 41.1 Å². The Bertz CT molecular complexity index is 455. The van der Waals surface area contributed by atoms with Crippen molar-refractivity contribution < 1.29 is 14.7 Å². The van der Waals surface area contributed by atoms with Gasteiger partial charge in [0.05, 0.1) is 11.0 Å². The summed E-state index contributed by atoms with van der Waals surface area (Å²) in [5.74, 6) is -0.993. The number of hydrogen-bond donors (Lipinski definition) is 3. The Morgan fingerprint density at radius 1 is 1.53 bits per heavy atom. The van der Waals surface area contributed by atoms with Crippen molar-refractivity contribution in [3.63, 3.8) is 0 Å². The summed E-state index contributed by atoms with van der Waals surface area (Å²) in [4.78, 5) is 26.5. The number of amides is 1. The fourth-order valence-electron chi connectivity index (χ4n) is 2.02. The SMILES string of the molecule is O=C(O)c1csc(CCNC(=O)[C@@H]2CCCCN2)n1. The van der Waals surface area contributed by atoms with Crippen LogP contribution in [0.5, 0.6) is 0 Å². The summed E-state index contributed by atoms with van der Waals surface area (Å²) in [6.45, 7) is 1.39. The molecule has 0 bridgehead atoms. The van der Waals surface area contributed by atoms with E-state index in [2.05, 4.69) is 15.6 Å². The lowest BCUT2D eigenvalue weighted by Gasteiger charge is -2.22. The van der Waals surface area contributed by atoms with Gasteiger partial charge in [-0.15, -0.1) is 11.3 Å². The first-order valence-corrected chi connectivity index (χ1v) is 7.23. The smallest absolute Gasteiger partial charge is 0.355 e. The summed E-state index contributed by atoms with van der Waals surface area (Å²) in [5, 5.41) is 17.0. The first-order chi connectivity index (χ1) is 9.16. The maximum Gasteiger partial charge on any atom is 0.355 e. The second kappa shape index (κ2) is 6.63. The first-order valence-electron chi connectivity index (χ1n) is 6.35. The van der Waals surface area contributed by atoms with Gasteiger partial charge in [-0.05, 0) is 19.4 Å². The zero-order valence-electron chi connectivity index (χ0n) is 10.5. The molecule has 1 fully saturated rings. The van der Waals surface area contributed by atoms with Gasteiger partial charge < -0.3 is 15.7 Å². The first kappa shape index (κ1) is 14.0. The van der Waals surface area contributed by atoms with E-state index in [9.17, 15) is 9.59 Å². The third kappa shape index (κ3) is 4.00. The van der Waals surface area contributed by atoms with Crippen LogP contribution in [0.15, 0.2) is 5.38 Å². The van der Waals surface area contributed by atoms with Crippen LogP contribution < -0.4 is 10.6 Å². The number of piperidine rings is 1. The average molecular weight is 283 g/mol. The van der Waals surface area contributed by atoms with Crippen molar-refractivity contribution in [1.82, 2.24) is 15.6 Å². The van der Waals surface area contributed by atoms with Gasteiger partial charge in [-0.25, -0.2) is 9.78 Å². The summed E-state index contributed by atoms with van der Waals surface area (Å²) in [6.07, 6.45) is 3.66. The van der Waals surface area contributed by atoms with E-state index in [1.165, 1.54) is 16.7 Å². The molecular weight excluding hydrogens is 266 g/mol. The fraction of sp³-hybridized carbons (Fsp3) is 0.583. The van der Waals surface area contributed by atoms with Crippen molar-refractivity contribution in [2.24, 2.45) is 0 Å². The highest BCUT2D eigenvalue weighted by atomic mass is 32.1. The molecule has 1 aromatic heterocycles. The van der Waals surface area contributed by atoms with Crippen LogP contribution >= 0.6 is 11.3 Å². The standard InChI is InChI=1S/C12H17N3O3S/c16-11(8-3-1-2-5-13-8)14-6-4-10-15-9(7-19-10)12(17)18/h7-8,13H,1-6H2,(H,14,16)(H,17,18)/t8-/m0/s1. The summed E-state index contributed by atoms with van der Waals surface area (Å²) in [5.41, 5.74) is 0.0697. The van der Waals surface area contributed by atoms with Crippen molar-refractivity contribution in [3.8, 4) is 0 Å². The number of carbonyl (C=O) groups is 2. The molecule has 6 nitrogen and oxygen atoms in total. The molecule has 0 aromatic carbocycles. The van der Waals surface area contributed by atoms with Crippen LogP contribution in [-0.2, 0) is 11.2 Å². The van der Waals surface area contributed by atoms with E-state index in [1.54, 1.807) is 0 Å². The third-order valence-corrected chi connectivity index (χ3v) is 3.94. The Hall–Kier alpha value is -1.47. The third-order valence-electron chi connectivity index (χ3n) is 3.04. The number of carboxylic acids is 1. The summed E-state index contributed by atoms with van der Waals surface area (Å²) >= 11 is 1.31. The number of thiazole rings is 1.